The molecule has 2 saturated heterocycles. The number of piperazine rings is 1. The Morgan fingerprint density at radius 1 is 1.07 bits per heavy atom. The zero-order valence-corrected chi connectivity index (χ0v) is 25.8. The van der Waals surface area contributed by atoms with Gasteiger partial charge < -0.3 is 36.6 Å². The van der Waals surface area contributed by atoms with Crippen LogP contribution in [-0.4, -0.2) is 90.9 Å². The lowest BCUT2D eigenvalue weighted by molar-refractivity contribution is -0.138. The highest BCUT2D eigenvalue weighted by Crippen LogP contribution is 2.46. The second-order valence-electron chi connectivity index (χ2n) is 13.6. The van der Waals surface area contributed by atoms with Crippen LogP contribution in [0.4, 0.5) is 10.1 Å². The van der Waals surface area contributed by atoms with Crippen LogP contribution in [0.25, 0.3) is 0 Å². The number of hydrogen-bond donors (Lipinski definition) is 4. The largest absolute Gasteiger partial charge is 0.488 e. The molecular formula is C32H52FN7O3. The number of aromatic nitrogens is 1. The minimum atomic E-state index is -0.954. The van der Waals surface area contributed by atoms with Crippen LogP contribution in [0.1, 0.15) is 77.0 Å². The van der Waals surface area contributed by atoms with E-state index in [9.17, 15) is 14.0 Å². The van der Waals surface area contributed by atoms with Gasteiger partial charge in [-0.2, -0.15) is 0 Å². The van der Waals surface area contributed by atoms with E-state index >= 15 is 0 Å². The number of carbonyl (C=O) groups is 2. The molecule has 240 valence electrons. The summed E-state index contributed by atoms with van der Waals surface area (Å²) in [6.45, 7) is 3.63. The fraction of sp³-hybridized carbons (Fsp3) is 0.781. The Labute approximate surface area is 255 Å². The van der Waals surface area contributed by atoms with Gasteiger partial charge in [-0.3, -0.25) is 14.6 Å². The fourth-order valence-electron chi connectivity index (χ4n) is 7.81. The van der Waals surface area contributed by atoms with Crippen LogP contribution in [-0.2, 0) is 9.59 Å². The van der Waals surface area contributed by atoms with Crippen LogP contribution < -0.4 is 26.8 Å². The van der Waals surface area contributed by atoms with Gasteiger partial charge in [-0.05, 0) is 70.3 Å². The minimum Gasteiger partial charge on any atom is -0.488 e. The van der Waals surface area contributed by atoms with Crippen molar-refractivity contribution in [2.45, 2.75) is 102 Å². The molecule has 2 aliphatic carbocycles. The van der Waals surface area contributed by atoms with E-state index in [4.69, 9.17) is 16.2 Å². The van der Waals surface area contributed by atoms with Crippen molar-refractivity contribution in [1.29, 1.82) is 0 Å². The van der Waals surface area contributed by atoms with Crippen LogP contribution in [0.15, 0.2) is 18.5 Å². The molecule has 4 fully saturated rings. The molecule has 3 heterocycles. The lowest BCUT2D eigenvalue weighted by Crippen LogP contribution is -2.57. The summed E-state index contributed by atoms with van der Waals surface area (Å²) in [6, 6.07) is 1.43. The Balaban J connectivity index is 1.21. The van der Waals surface area contributed by atoms with Crippen molar-refractivity contribution in [3.63, 3.8) is 0 Å². The third kappa shape index (κ3) is 8.23. The predicted molar refractivity (Wildman–Crippen MR) is 165 cm³/mol. The Bertz CT molecular complexity index is 1070. The molecule has 5 rings (SSSR count). The molecule has 2 saturated carbocycles. The molecule has 3 unspecified atom stereocenters. The maximum absolute atomic E-state index is 14.7. The SMILES string of the molecule is CN1CCN(C(=O)[C@H]2CC[C@@H](Oc3ccncc3NC(=O)C(C(N)N)C3CC4(CCCCC4)CCC(F)CN3)CC2)CC1. The second-order valence-corrected chi connectivity index (χ2v) is 13.6. The summed E-state index contributed by atoms with van der Waals surface area (Å²) in [5.74, 6) is -0.203. The molecule has 1 aromatic rings. The van der Waals surface area contributed by atoms with Crippen LogP contribution >= 0.6 is 0 Å². The van der Waals surface area contributed by atoms with Crippen molar-refractivity contribution in [1.82, 2.24) is 20.1 Å². The zero-order valence-electron chi connectivity index (χ0n) is 25.8. The van der Waals surface area contributed by atoms with E-state index in [-0.39, 0.29) is 41.8 Å². The number of carbonyl (C=O) groups excluding carboxylic acids is 2. The second kappa shape index (κ2) is 14.6. The van der Waals surface area contributed by atoms with Crippen LogP contribution in [0.3, 0.4) is 0 Å². The molecule has 3 atom stereocenters. The van der Waals surface area contributed by atoms with E-state index in [1.165, 1.54) is 6.42 Å². The predicted octanol–water partition coefficient (Wildman–Crippen LogP) is 3.02. The molecule has 0 radical (unpaired) electrons. The first kappa shape index (κ1) is 32.1. The van der Waals surface area contributed by atoms with Crippen LogP contribution in [0.5, 0.6) is 5.75 Å². The Morgan fingerprint density at radius 3 is 2.49 bits per heavy atom. The molecule has 1 spiro atoms. The topological polar surface area (TPSA) is 139 Å². The van der Waals surface area contributed by atoms with Gasteiger partial charge in [-0.1, -0.05) is 19.3 Å². The number of nitrogens with one attached hydrogen (secondary N) is 2. The first-order chi connectivity index (χ1) is 20.7. The lowest BCUT2D eigenvalue weighted by Gasteiger charge is -2.44. The molecule has 43 heavy (non-hydrogen) atoms. The standard InChI is InChI=1S/C32H52FN7O3/c1-39-15-17-40(18-16-39)31(42)22-5-7-24(8-6-22)43-27-10-14-36-21-26(27)38-30(41)28(29(34)35)25-19-32(11-3-2-4-12-32)13-9-23(33)20-37-25/h10,14,21-25,28-29,37H,2-9,11-13,15-20,34-35H2,1H3,(H,38,41)/t22-,23?,24+,25?,28?. The number of amides is 2. The highest BCUT2D eigenvalue weighted by atomic mass is 19.1. The summed E-state index contributed by atoms with van der Waals surface area (Å²) in [5, 5.41) is 6.34. The Kier molecular flexibility index (Phi) is 10.9. The lowest BCUT2D eigenvalue weighted by atomic mass is 9.65. The number of nitrogens with two attached hydrogens (primary N) is 2. The number of rotatable bonds is 7. The molecule has 2 amide bonds. The number of hydrogen-bond acceptors (Lipinski definition) is 8. The average molecular weight is 602 g/mol. The highest BCUT2D eigenvalue weighted by molar-refractivity contribution is 5.94. The van der Waals surface area contributed by atoms with Crippen molar-refractivity contribution in [3.8, 4) is 5.75 Å². The highest BCUT2D eigenvalue weighted by Gasteiger charge is 2.42. The number of ether oxygens (including phenoxy) is 1. The van der Waals surface area contributed by atoms with E-state index in [0.717, 1.165) is 90.4 Å². The number of alkyl halides is 1. The van der Waals surface area contributed by atoms with Crippen molar-refractivity contribution in [2.24, 2.45) is 28.7 Å². The molecule has 4 aliphatic rings. The number of nitrogens with zero attached hydrogens (tertiary/aromatic N) is 3. The van der Waals surface area contributed by atoms with Gasteiger partial charge in [-0.15, -0.1) is 0 Å². The van der Waals surface area contributed by atoms with Gasteiger partial charge >= 0.3 is 0 Å². The van der Waals surface area contributed by atoms with Crippen molar-refractivity contribution < 1.29 is 18.7 Å². The fourth-order valence-corrected chi connectivity index (χ4v) is 7.81. The summed E-state index contributed by atoms with van der Waals surface area (Å²) >= 11 is 0. The molecule has 10 nitrogen and oxygen atoms in total. The summed E-state index contributed by atoms with van der Waals surface area (Å²) in [4.78, 5) is 35.4. The van der Waals surface area contributed by atoms with Gasteiger partial charge in [0.05, 0.1) is 24.4 Å². The number of anilines is 1. The molecule has 6 N–H and O–H groups in total. The molecule has 11 heteroatoms. The van der Waals surface area contributed by atoms with E-state index in [1.54, 1.807) is 18.5 Å². The molecule has 1 aromatic heterocycles. The first-order valence-electron chi connectivity index (χ1n) is 16.5. The van der Waals surface area contributed by atoms with E-state index in [2.05, 4.69) is 27.6 Å². The minimum absolute atomic E-state index is 0.0151. The van der Waals surface area contributed by atoms with Crippen LogP contribution in [0, 0.1) is 17.3 Å². The third-order valence-electron chi connectivity index (χ3n) is 10.5. The third-order valence-corrected chi connectivity index (χ3v) is 10.5. The van der Waals surface area contributed by atoms with E-state index in [1.807, 2.05) is 4.90 Å². The van der Waals surface area contributed by atoms with Gasteiger partial charge in [-0.25, -0.2) is 4.39 Å². The molecule has 2 aliphatic heterocycles. The molecule has 0 bridgehead atoms. The number of likely N-dealkylation sites (N-methyl/N-ethyl adjacent to an activating group) is 1. The van der Waals surface area contributed by atoms with Crippen molar-refractivity contribution in [3.05, 3.63) is 18.5 Å². The Hall–Kier alpha value is -2.34. The summed E-state index contributed by atoms with van der Waals surface area (Å²) in [6.07, 6.45) is 12.2. The first-order valence-corrected chi connectivity index (χ1v) is 16.5. The van der Waals surface area contributed by atoms with E-state index in [0.29, 0.717) is 17.9 Å². The maximum Gasteiger partial charge on any atom is 0.232 e. The van der Waals surface area contributed by atoms with Gasteiger partial charge in [0, 0.05) is 56.9 Å². The monoisotopic (exact) mass is 601 g/mol. The smallest absolute Gasteiger partial charge is 0.232 e. The normalized spacial score (nSPS) is 29.5. The number of pyridine rings is 1. The Morgan fingerprint density at radius 2 is 1.79 bits per heavy atom. The molecular weight excluding hydrogens is 549 g/mol. The van der Waals surface area contributed by atoms with Crippen molar-refractivity contribution >= 4 is 17.5 Å². The summed E-state index contributed by atoms with van der Waals surface area (Å²) in [7, 11) is 2.09. The quantitative estimate of drug-likeness (QED) is 0.350. The van der Waals surface area contributed by atoms with Gasteiger partial charge in [0.15, 0.2) is 0 Å². The van der Waals surface area contributed by atoms with Crippen LogP contribution in [0.2, 0.25) is 0 Å². The summed E-state index contributed by atoms with van der Waals surface area (Å²) < 4.78 is 21.1. The van der Waals surface area contributed by atoms with Gasteiger partial charge in [0.25, 0.3) is 0 Å². The summed E-state index contributed by atoms with van der Waals surface area (Å²) in [5.41, 5.74) is 13.0. The zero-order chi connectivity index (χ0) is 30.4. The van der Waals surface area contributed by atoms with Crippen molar-refractivity contribution in [2.75, 3.05) is 45.1 Å². The molecule has 0 aromatic carbocycles. The van der Waals surface area contributed by atoms with Gasteiger partial charge in [0.2, 0.25) is 11.8 Å². The number of halogens is 1. The van der Waals surface area contributed by atoms with Gasteiger partial charge in [0.1, 0.15) is 17.6 Å². The maximum atomic E-state index is 14.7. The van der Waals surface area contributed by atoms with E-state index < -0.39 is 18.3 Å². The average Bonchev–Trinajstić information content (AvgIpc) is 3.00.